The van der Waals surface area contributed by atoms with E-state index in [2.05, 4.69) is 10.6 Å². The molecule has 0 aliphatic carbocycles. The monoisotopic (exact) mass is 263 g/mol. The Labute approximate surface area is 113 Å². The Morgan fingerprint density at radius 3 is 2.32 bits per heavy atom. The van der Waals surface area contributed by atoms with Crippen molar-refractivity contribution in [3.05, 3.63) is 29.8 Å². The van der Waals surface area contributed by atoms with Crippen molar-refractivity contribution in [3.8, 4) is 0 Å². The highest BCUT2D eigenvalue weighted by atomic mass is 16.2. The fraction of sp³-hybridized carbons (Fsp3) is 0.429. The van der Waals surface area contributed by atoms with Crippen LogP contribution in [0.4, 0.5) is 5.69 Å². The van der Waals surface area contributed by atoms with Gasteiger partial charge in [0.05, 0.1) is 12.0 Å². The average molecular weight is 263 g/mol. The molecule has 4 N–H and O–H groups in total. The molecular formula is C14H21N3O2. The van der Waals surface area contributed by atoms with Gasteiger partial charge >= 0.3 is 0 Å². The van der Waals surface area contributed by atoms with E-state index < -0.39 is 5.54 Å². The van der Waals surface area contributed by atoms with Gasteiger partial charge in [-0.1, -0.05) is 19.1 Å². The standard InChI is InChI=1S/C14H21N3O2/c1-4-14(2,15)13(19)17-11-7-5-10(6-8-11)9-12(18)16-3/h5-8H,4,9,15H2,1-3H3,(H,16,18)(H,17,19). The van der Waals surface area contributed by atoms with Crippen LogP contribution >= 0.6 is 0 Å². The summed E-state index contributed by atoms with van der Waals surface area (Å²) >= 11 is 0. The zero-order valence-corrected chi connectivity index (χ0v) is 11.6. The third-order valence-electron chi connectivity index (χ3n) is 3.11. The Balaban J connectivity index is 2.67. The second-order valence-corrected chi connectivity index (χ2v) is 4.77. The van der Waals surface area contributed by atoms with E-state index >= 15 is 0 Å². The molecule has 1 atom stereocenters. The highest BCUT2D eigenvalue weighted by Crippen LogP contribution is 2.13. The summed E-state index contributed by atoms with van der Waals surface area (Å²) in [7, 11) is 1.60. The Bertz CT molecular complexity index is 452. The molecule has 0 aliphatic rings. The number of nitrogens with one attached hydrogen (secondary N) is 2. The number of nitrogens with two attached hydrogens (primary N) is 1. The van der Waals surface area contributed by atoms with Gasteiger partial charge in [-0.25, -0.2) is 0 Å². The van der Waals surface area contributed by atoms with Crippen molar-refractivity contribution in [1.29, 1.82) is 0 Å². The van der Waals surface area contributed by atoms with Crippen LogP contribution in [0.3, 0.4) is 0 Å². The zero-order valence-electron chi connectivity index (χ0n) is 11.6. The highest BCUT2D eigenvalue weighted by molar-refractivity contribution is 5.97. The fourth-order valence-corrected chi connectivity index (χ4v) is 1.41. The van der Waals surface area contributed by atoms with E-state index in [-0.39, 0.29) is 11.8 Å². The number of carbonyl (C=O) groups excluding carboxylic acids is 2. The van der Waals surface area contributed by atoms with Gasteiger partial charge in [0.25, 0.3) is 0 Å². The van der Waals surface area contributed by atoms with Crippen molar-refractivity contribution in [2.45, 2.75) is 32.2 Å². The summed E-state index contributed by atoms with van der Waals surface area (Å²) in [5, 5.41) is 5.33. The van der Waals surface area contributed by atoms with E-state index in [9.17, 15) is 9.59 Å². The molecule has 104 valence electrons. The molecule has 0 aliphatic heterocycles. The molecule has 2 amide bonds. The molecule has 5 nitrogen and oxygen atoms in total. The number of amides is 2. The Kier molecular flexibility index (Phi) is 5.06. The summed E-state index contributed by atoms with van der Waals surface area (Å²) in [5.74, 6) is -0.258. The van der Waals surface area contributed by atoms with Crippen molar-refractivity contribution in [3.63, 3.8) is 0 Å². The van der Waals surface area contributed by atoms with Crippen LogP contribution in [0.2, 0.25) is 0 Å². The first-order valence-electron chi connectivity index (χ1n) is 6.29. The van der Waals surface area contributed by atoms with Gasteiger partial charge in [-0.3, -0.25) is 9.59 Å². The first kappa shape index (κ1) is 15.2. The van der Waals surface area contributed by atoms with E-state index in [1.54, 1.807) is 26.1 Å². The zero-order chi connectivity index (χ0) is 14.5. The summed E-state index contributed by atoms with van der Waals surface area (Å²) in [4.78, 5) is 23.1. The number of benzene rings is 1. The Morgan fingerprint density at radius 1 is 1.26 bits per heavy atom. The summed E-state index contributed by atoms with van der Waals surface area (Å²) in [5.41, 5.74) is 6.55. The topological polar surface area (TPSA) is 84.2 Å². The smallest absolute Gasteiger partial charge is 0.244 e. The van der Waals surface area contributed by atoms with E-state index in [0.29, 0.717) is 18.5 Å². The molecule has 0 spiro atoms. The molecule has 0 heterocycles. The molecular weight excluding hydrogens is 242 g/mol. The van der Waals surface area contributed by atoms with Crippen LogP contribution in [0.25, 0.3) is 0 Å². The lowest BCUT2D eigenvalue weighted by Gasteiger charge is -2.21. The quantitative estimate of drug-likeness (QED) is 0.742. The van der Waals surface area contributed by atoms with E-state index in [4.69, 9.17) is 5.73 Å². The third kappa shape index (κ3) is 4.37. The minimum Gasteiger partial charge on any atom is -0.359 e. The Hall–Kier alpha value is -1.88. The predicted molar refractivity (Wildman–Crippen MR) is 75.7 cm³/mol. The lowest BCUT2D eigenvalue weighted by molar-refractivity contribution is -0.121. The number of hydrogen-bond acceptors (Lipinski definition) is 3. The number of likely N-dealkylation sites (N-methyl/N-ethyl adjacent to an activating group) is 1. The van der Waals surface area contributed by atoms with Crippen LogP contribution in [0.1, 0.15) is 25.8 Å². The predicted octanol–water partition coefficient (Wildman–Crippen LogP) is 1.04. The summed E-state index contributed by atoms with van der Waals surface area (Å²) in [6.45, 7) is 3.56. The van der Waals surface area contributed by atoms with Gasteiger partial charge in [0.1, 0.15) is 0 Å². The highest BCUT2D eigenvalue weighted by Gasteiger charge is 2.25. The van der Waals surface area contributed by atoms with Gasteiger partial charge in [-0.05, 0) is 31.0 Å². The van der Waals surface area contributed by atoms with Crippen molar-refractivity contribution >= 4 is 17.5 Å². The normalized spacial score (nSPS) is 13.5. The lowest BCUT2D eigenvalue weighted by atomic mass is 9.99. The number of hydrogen-bond donors (Lipinski definition) is 3. The average Bonchev–Trinajstić information content (AvgIpc) is 2.40. The van der Waals surface area contributed by atoms with Gasteiger partial charge in [0, 0.05) is 12.7 Å². The van der Waals surface area contributed by atoms with Crippen molar-refractivity contribution in [2.24, 2.45) is 5.73 Å². The van der Waals surface area contributed by atoms with Crippen molar-refractivity contribution in [2.75, 3.05) is 12.4 Å². The van der Waals surface area contributed by atoms with Crippen LogP contribution in [-0.4, -0.2) is 24.4 Å². The minimum atomic E-state index is -0.874. The third-order valence-corrected chi connectivity index (χ3v) is 3.11. The molecule has 1 rings (SSSR count). The summed E-state index contributed by atoms with van der Waals surface area (Å²) in [6, 6.07) is 7.15. The second kappa shape index (κ2) is 6.33. The first-order chi connectivity index (χ1) is 8.89. The van der Waals surface area contributed by atoms with Gasteiger partial charge < -0.3 is 16.4 Å². The van der Waals surface area contributed by atoms with Gasteiger partial charge in [0.15, 0.2) is 0 Å². The van der Waals surface area contributed by atoms with Crippen LogP contribution in [0.5, 0.6) is 0 Å². The van der Waals surface area contributed by atoms with Gasteiger partial charge in [0.2, 0.25) is 11.8 Å². The molecule has 1 aromatic carbocycles. The largest absolute Gasteiger partial charge is 0.359 e. The number of carbonyl (C=O) groups is 2. The first-order valence-corrected chi connectivity index (χ1v) is 6.29. The van der Waals surface area contributed by atoms with E-state index in [1.807, 2.05) is 19.1 Å². The number of anilines is 1. The number of rotatable bonds is 5. The molecule has 1 aromatic rings. The molecule has 0 saturated heterocycles. The van der Waals surface area contributed by atoms with Crippen LogP contribution < -0.4 is 16.4 Å². The lowest BCUT2D eigenvalue weighted by Crippen LogP contribution is -2.47. The molecule has 0 fully saturated rings. The Morgan fingerprint density at radius 2 is 1.84 bits per heavy atom. The van der Waals surface area contributed by atoms with E-state index in [0.717, 1.165) is 5.56 Å². The SMILES string of the molecule is CCC(C)(N)C(=O)Nc1ccc(CC(=O)NC)cc1. The molecule has 1 unspecified atom stereocenters. The van der Waals surface area contributed by atoms with E-state index in [1.165, 1.54) is 0 Å². The molecule has 0 radical (unpaired) electrons. The van der Waals surface area contributed by atoms with Crippen LogP contribution in [-0.2, 0) is 16.0 Å². The van der Waals surface area contributed by atoms with Gasteiger partial charge in [-0.15, -0.1) is 0 Å². The molecule has 19 heavy (non-hydrogen) atoms. The van der Waals surface area contributed by atoms with Gasteiger partial charge in [-0.2, -0.15) is 0 Å². The maximum Gasteiger partial charge on any atom is 0.244 e. The maximum absolute atomic E-state index is 11.9. The second-order valence-electron chi connectivity index (χ2n) is 4.77. The molecule has 5 heteroatoms. The van der Waals surface area contributed by atoms with Crippen molar-refractivity contribution in [1.82, 2.24) is 5.32 Å². The maximum atomic E-state index is 11.9. The van der Waals surface area contributed by atoms with Crippen LogP contribution in [0.15, 0.2) is 24.3 Å². The minimum absolute atomic E-state index is 0.0442. The molecule has 0 saturated carbocycles. The van der Waals surface area contributed by atoms with Crippen molar-refractivity contribution < 1.29 is 9.59 Å². The summed E-state index contributed by atoms with van der Waals surface area (Å²) < 4.78 is 0. The fourth-order valence-electron chi connectivity index (χ4n) is 1.41. The molecule has 0 bridgehead atoms. The van der Waals surface area contributed by atoms with Crippen LogP contribution in [0, 0.1) is 0 Å². The summed E-state index contributed by atoms with van der Waals surface area (Å²) in [6.07, 6.45) is 0.891. The molecule has 0 aromatic heterocycles.